The second kappa shape index (κ2) is 10.4. The summed E-state index contributed by atoms with van der Waals surface area (Å²) in [6.07, 6.45) is 5.50. The number of thiazole rings is 1. The van der Waals surface area contributed by atoms with Gasteiger partial charge in [-0.25, -0.2) is 4.98 Å². The van der Waals surface area contributed by atoms with Crippen molar-refractivity contribution in [2.75, 3.05) is 6.54 Å². The summed E-state index contributed by atoms with van der Waals surface area (Å²) in [6.45, 7) is 4.98. The predicted molar refractivity (Wildman–Crippen MR) is 97.4 cm³/mol. The van der Waals surface area contributed by atoms with Gasteiger partial charge in [-0.1, -0.05) is 26.7 Å². The zero-order valence-corrected chi connectivity index (χ0v) is 15.7. The SMILES string of the molecule is CC(C)Cc1nc(C(=O)NC2CCCCC2CN)cs1.Cl.Cl. The van der Waals surface area contributed by atoms with E-state index in [0.29, 0.717) is 24.1 Å². The summed E-state index contributed by atoms with van der Waals surface area (Å²) in [5.74, 6) is 0.945. The maximum atomic E-state index is 12.3. The first-order chi connectivity index (χ1) is 9.60. The van der Waals surface area contributed by atoms with Gasteiger partial charge in [-0.05, 0) is 31.2 Å². The van der Waals surface area contributed by atoms with E-state index in [4.69, 9.17) is 5.73 Å². The van der Waals surface area contributed by atoms with Gasteiger partial charge in [-0.3, -0.25) is 4.79 Å². The van der Waals surface area contributed by atoms with E-state index in [0.717, 1.165) is 24.3 Å². The van der Waals surface area contributed by atoms with Crippen LogP contribution in [0.3, 0.4) is 0 Å². The van der Waals surface area contributed by atoms with Gasteiger partial charge in [0.05, 0.1) is 5.01 Å². The van der Waals surface area contributed by atoms with Crippen molar-refractivity contribution < 1.29 is 4.79 Å². The fourth-order valence-corrected chi connectivity index (χ4v) is 3.77. The summed E-state index contributed by atoms with van der Waals surface area (Å²) < 4.78 is 0. The minimum Gasteiger partial charge on any atom is -0.348 e. The Morgan fingerprint density at radius 1 is 1.41 bits per heavy atom. The topological polar surface area (TPSA) is 68.0 Å². The van der Waals surface area contributed by atoms with Crippen molar-refractivity contribution in [2.24, 2.45) is 17.6 Å². The third-order valence-corrected chi connectivity index (χ3v) is 4.77. The highest BCUT2D eigenvalue weighted by atomic mass is 35.5. The zero-order valence-electron chi connectivity index (χ0n) is 13.2. The molecule has 1 aromatic heterocycles. The molecule has 1 saturated carbocycles. The lowest BCUT2D eigenvalue weighted by Gasteiger charge is -2.31. The predicted octanol–water partition coefficient (Wildman–Crippen LogP) is 3.43. The number of nitrogens with one attached hydrogen (secondary N) is 1. The van der Waals surface area contributed by atoms with Gasteiger partial charge in [-0.15, -0.1) is 36.2 Å². The van der Waals surface area contributed by atoms with E-state index >= 15 is 0 Å². The molecule has 0 radical (unpaired) electrons. The monoisotopic (exact) mass is 367 g/mol. The third-order valence-electron chi connectivity index (χ3n) is 3.90. The number of nitrogens with zero attached hydrogens (tertiary/aromatic N) is 1. The van der Waals surface area contributed by atoms with Crippen LogP contribution in [0, 0.1) is 11.8 Å². The van der Waals surface area contributed by atoms with E-state index in [1.807, 2.05) is 5.38 Å². The lowest BCUT2D eigenvalue weighted by atomic mass is 9.84. The highest BCUT2D eigenvalue weighted by molar-refractivity contribution is 7.09. The first-order valence-electron chi connectivity index (χ1n) is 7.55. The summed E-state index contributed by atoms with van der Waals surface area (Å²) in [6, 6.07) is 0.219. The second-order valence-electron chi connectivity index (χ2n) is 6.08. The number of aromatic nitrogens is 1. The minimum absolute atomic E-state index is 0. The molecule has 128 valence electrons. The summed E-state index contributed by atoms with van der Waals surface area (Å²) in [7, 11) is 0. The van der Waals surface area contributed by atoms with Gasteiger partial charge < -0.3 is 11.1 Å². The van der Waals surface area contributed by atoms with Crippen LogP contribution < -0.4 is 11.1 Å². The fraction of sp³-hybridized carbons (Fsp3) is 0.733. The normalized spacial score (nSPS) is 20.9. The molecule has 2 unspecified atom stereocenters. The van der Waals surface area contributed by atoms with E-state index < -0.39 is 0 Å². The van der Waals surface area contributed by atoms with Crippen LogP contribution in [0.1, 0.15) is 55.0 Å². The number of hydrogen-bond donors (Lipinski definition) is 2. The molecule has 1 aliphatic carbocycles. The van der Waals surface area contributed by atoms with Crippen LogP contribution in [0.4, 0.5) is 0 Å². The highest BCUT2D eigenvalue weighted by Gasteiger charge is 2.26. The molecule has 3 N–H and O–H groups in total. The number of hydrogen-bond acceptors (Lipinski definition) is 4. The average molecular weight is 368 g/mol. The van der Waals surface area contributed by atoms with Gasteiger partial charge in [0, 0.05) is 17.8 Å². The Balaban J connectivity index is 0.00000220. The van der Waals surface area contributed by atoms with Gasteiger partial charge in [0.25, 0.3) is 5.91 Å². The largest absolute Gasteiger partial charge is 0.348 e. The van der Waals surface area contributed by atoms with Crippen LogP contribution in [0.5, 0.6) is 0 Å². The van der Waals surface area contributed by atoms with Crippen molar-refractivity contribution in [2.45, 2.75) is 52.0 Å². The number of amides is 1. The standard InChI is InChI=1S/C15H25N3OS.2ClH/c1-10(2)7-14-17-13(9-20-14)15(19)18-12-6-4-3-5-11(12)8-16;;/h9-12H,3-8,16H2,1-2H3,(H,18,19);2*1H. The zero-order chi connectivity index (χ0) is 14.5. The van der Waals surface area contributed by atoms with E-state index in [9.17, 15) is 4.79 Å². The molecule has 22 heavy (non-hydrogen) atoms. The molecule has 1 aliphatic rings. The smallest absolute Gasteiger partial charge is 0.270 e. The molecule has 2 rings (SSSR count). The van der Waals surface area contributed by atoms with Crippen LogP contribution in [0.2, 0.25) is 0 Å². The number of carbonyl (C=O) groups is 1. The maximum Gasteiger partial charge on any atom is 0.270 e. The summed E-state index contributed by atoms with van der Waals surface area (Å²) in [4.78, 5) is 16.7. The van der Waals surface area contributed by atoms with Crippen molar-refractivity contribution in [3.8, 4) is 0 Å². The van der Waals surface area contributed by atoms with E-state index in [1.54, 1.807) is 11.3 Å². The number of rotatable bonds is 5. The first-order valence-corrected chi connectivity index (χ1v) is 8.43. The number of carbonyl (C=O) groups excluding carboxylic acids is 1. The molecule has 2 atom stereocenters. The van der Waals surface area contributed by atoms with Gasteiger partial charge in [-0.2, -0.15) is 0 Å². The Hall–Kier alpha value is -0.360. The number of nitrogens with two attached hydrogens (primary N) is 1. The van der Waals surface area contributed by atoms with Crippen LogP contribution in [-0.4, -0.2) is 23.5 Å². The van der Waals surface area contributed by atoms with Gasteiger partial charge in [0.2, 0.25) is 0 Å². The van der Waals surface area contributed by atoms with Gasteiger partial charge in [0.15, 0.2) is 0 Å². The molecule has 1 amide bonds. The lowest BCUT2D eigenvalue weighted by Crippen LogP contribution is -2.44. The van der Waals surface area contributed by atoms with Crippen molar-refractivity contribution in [1.29, 1.82) is 0 Å². The Morgan fingerprint density at radius 3 is 2.73 bits per heavy atom. The Morgan fingerprint density at radius 2 is 2.09 bits per heavy atom. The minimum atomic E-state index is -0.0402. The molecule has 1 aromatic rings. The molecule has 7 heteroatoms. The molecule has 0 saturated heterocycles. The molecule has 0 aromatic carbocycles. The number of halogens is 2. The molecule has 0 spiro atoms. The summed E-state index contributed by atoms with van der Waals surface area (Å²) in [5.41, 5.74) is 6.36. The van der Waals surface area contributed by atoms with Crippen LogP contribution in [0.25, 0.3) is 0 Å². The molecular formula is C15H27Cl2N3OS. The molecule has 0 aliphatic heterocycles. The Bertz CT molecular complexity index is 454. The molecule has 4 nitrogen and oxygen atoms in total. The van der Waals surface area contributed by atoms with Crippen LogP contribution in [0.15, 0.2) is 5.38 Å². The molecule has 1 fully saturated rings. The van der Waals surface area contributed by atoms with Crippen molar-refractivity contribution in [3.05, 3.63) is 16.1 Å². The average Bonchev–Trinajstić information content (AvgIpc) is 2.87. The van der Waals surface area contributed by atoms with E-state index in [1.165, 1.54) is 12.8 Å². The molecule has 0 bridgehead atoms. The molecular weight excluding hydrogens is 341 g/mol. The Kier molecular flexibility index (Phi) is 10.3. The lowest BCUT2D eigenvalue weighted by molar-refractivity contribution is 0.0903. The molecule has 1 heterocycles. The van der Waals surface area contributed by atoms with Crippen molar-refractivity contribution in [1.82, 2.24) is 10.3 Å². The summed E-state index contributed by atoms with van der Waals surface area (Å²) in [5, 5.41) is 6.04. The quantitative estimate of drug-likeness (QED) is 0.837. The van der Waals surface area contributed by atoms with Crippen LogP contribution >= 0.6 is 36.2 Å². The first kappa shape index (κ1) is 21.6. The Labute approximate surface area is 149 Å². The van der Waals surface area contributed by atoms with E-state index in [2.05, 4.69) is 24.1 Å². The van der Waals surface area contributed by atoms with Crippen molar-refractivity contribution in [3.63, 3.8) is 0 Å². The third kappa shape index (κ3) is 6.03. The summed E-state index contributed by atoms with van der Waals surface area (Å²) >= 11 is 1.58. The van der Waals surface area contributed by atoms with Crippen LogP contribution in [-0.2, 0) is 6.42 Å². The van der Waals surface area contributed by atoms with E-state index in [-0.39, 0.29) is 36.8 Å². The van der Waals surface area contributed by atoms with Gasteiger partial charge >= 0.3 is 0 Å². The fourth-order valence-electron chi connectivity index (χ4n) is 2.78. The van der Waals surface area contributed by atoms with Crippen molar-refractivity contribution >= 4 is 42.1 Å². The second-order valence-corrected chi connectivity index (χ2v) is 7.03. The maximum absolute atomic E-state index is 12.3. The van der Waals surface area contributed by atoms with Gasteiger partial charge in [0.1, 0.15) is 5.69 Å². The highest BCUT2D eigenvalue weighted by Crippen LogP contribution is 2.24.